The molecule has 0 radical (unpaired) electrons. The third-order valence-electron chi connectivity index (χ3n) is 3.34. The number of aromatic nitrogens is 2. The Bertz CT molecular complexity index is 759. The van der Waals surface area contributed by atoms with Crippen molar-refractivity contribution in [3.63, 3.8) is 0 Å². The number of carbonyl (C=O) groups excluding carboxylic acids is 2. The molecule has 0 spiro atoms. The molecule has 7 heteroatoms. The summed E-state index contributed by atoms with van der Waals surface area (Å²) in [6.07, 6.45) is 3.60. The van der Waals surface area contributed by atoms with Crippen LogP contribution in [0.25, 0.3) is 0 Å². The molecule has 22 heavy (non-hydrogen) atoms. The Morgan fingerprint density at radius 2 is 2.05 bits per heavy atom. The molecule has 1 aliphatic rings. The summed E-state index contributed by atoms with van der Waals surface area (Å²) in [6, 6.07) is 5.17. The van der Waals surface area contributed by atoms with E-state index in [4.69, 9.17) is 5.73 Å². The van der Waals surface area contributed by atoms with Crippen molar-refractivity contribution >= 4 is 17.5 Å². The van der Waals surface area contributed by atoms with E-state index in [9.17, 15) is 14.0 Å². The van der Waals surface area contributed by atoms with E-state index in [1.54, 1.807) is 0 Å². The molecule has 1 aromatic carbocycles. The fourth-order valence-corrected chi connectivity index (χ4v) is 2.03. The quantitative estimate of drug-likeness (QED) is 0.900. The number of primary amides is 1. The van der Waals surface area contributed by atoms with E-state index in [-0.39, 0.29) is 16.9 Å². The van der Waals surface area contributed by atoms with Crippen LogP contribution in [0.3, 0.4) is 0 Å². The first-order valence-corrected chi connectivity index (χ1v) is 6.78. The van der Waals surface area contributed by atoms with E-state index in [1.165, 1.54) is 24.4 Å². The highest BCUT2D eigenvalue weighted by molar-refractivity contribution is 6.03. The minimum absolute atomic E-state index is 0.219. The largest absolute Gasteiger partial charge is 0.366 e. The third kappa shape index (κ3) is 2.93. The Hall–Kier alpha value is -2.83. The molecule has 0 bridgehead atoms. The molecule has 1 saturated carbocycles. The van der Waals surface area contributed by atoms with Gasteiger partial charge in [-0.15, -0.1) is 0 Å². The van der Waals surface area contributed by atoms with Crippen LogP contribution in [0.1, 0.15) is 45.4 Å². The molecular formula is C15H13FN4O2. The molecule has 2 amide bonds. The van der Waals surface area contributed by atoms with Crippen LogP contribution in [0.4, 0.5) is 10.1 Å². The number of benzene rings is 1. The highest BCUT2D eigenvalue weighted by Gasteiger charge is 2.27. The molecule has 1 aliphatic carbocycles. The maximum atomic E-state index is 13.7. The Morgan fingerprint density at radius 1 is 1.27 bits per heavy atom. The predicted molar refractivity (Wildman–Crippen MR) is 76.9 cm³/mol. The smallest absolute Gasteiger partial charge is 0.274 e. The van der Waals surface area contributed by atoms with E-state index < -0.39 is 17.6 Å². The molecule has 1 aromatic heterocycles. The van der Waals surface area contributed by atoms with Crippen molar-refractivity contribution in [1.82, 2.24) is 9.97 Å². The molecule has 0 unspecified atom stereocenters. The first kappa shape index (κ1) is 14.1. The molecule has 112 valence electrons. The highest BCUT2D eigenvalue weighted by Crippen LogP contribution is 2.37. The third-order valence-corrected chi connectivity index (χ3v) is 3.34. The fraction of sp³-hybridized carbons (Fsp3) is 0.200. The number of hydrogen-bond donors (Lipinski definition) is 2. The molecule has 1 fully saturated rings. The van der Waals surface area contributed by atoms with Gasteiger partial charge in [-0.05, 0) is 37.1 Å². The van der Waals surface area contributed by atoms with Crippen LogP contribution in [0.2, 0.25) is 0 Å². The monoisotopic (exact) mass is 300 g/mol. The van der Waals surface area contributed by atoms with Crippen molar-refractivity contribution in [1.29, 1.82) is 0 Å². The van der Waals surface area contributed by atoms with E-state index in [2.05, 4.69) is 15.3 Å². The summed E-state index contributed by atoms with van der Waals surface area (Å²) in [6.45, 7) is 0. The van der Waals surface area contributed by atoms with Gasteiger partial charge in [0.25, 0.3) is 11.8 Å². The van der Waals surface area contributed by atoms with Crippen LogP contribution in [-0.2, 0) is 0 Å². The van der Waals surface area contributed by atoms with Crippen molar-refractivity contribution in [3.05, 3.63) is 53.4 Å². The van der Waals surface area contributed by atoms with Gasteiger partial charge in [-0.2, -0.15) is 0 Å². The second-order valence-corrected chi connectivity index (χ2v) is 5.09. The van der Waals surface area contributed by atoms with E-state index in [0.717, 1.165) is 18.9 Å². The Kier molecular flexibility index (Phi) is 3.54. The summed E-state index contributed by atoms with van der Waals surface area (Å²) in [4.78, 5) is 31.4. The van der Waals surface area contributed by atoms with Crippen LogP contribution < -0.4 is 11.1 Å². The van der Waals surface area contributed by atoms with Gasteiger partial charge in [0.15, 0.2) is 0 Å². The van der Waals surface area contributed by atoms with Crippen LogP contribution in [0.15, 0.2) is 30.5 Å². The molecular weight excluding hydrogens is 287 g/mol. The lowest BCUT2D eigenvalue weighted by atomic mass is 10.2. The summed E-state index contributed by atoms with van der Waals surface area (Å²) in [5.74, 6) is -1.12. The van der Waals surface area contributed by atoms with Gasteiger partial charge in [0, 0.05) is 17.8 Å². The average Bonchev–Trinajstić information content (AvgIpc) is 3.31. The number of amides is 2. The van der Waals surface area contributed by atoms with Crippen molar-refractivity contribution in [3.8, 4) is 0 Å². The number of anilines is 1. The minimum atomic E-state index is -0.861. The highest BCUT2D eigenvalue weighted by atomic mass is 19.1. The van der Waals surface area contributed by atoms with Crippen LogP contribution in [0, 0.1) is 5.82 Å². The van der Waals surface area contributed by atoms with E-state index >= 15 is 0 Å². The summed E-state index contributed by atoms with van der Waals surface area (Å²) >= 11 is 0. The standard InChI is InChI=1S/C15H13FN4O2/c16-11-7-9(3-4-10(11)13(17)21)19-15(22)12-5-6-18-14(20-12)8-1-2-8/h3-8H,1-2H2,(H2,17,21)(H,19,22). The van der Waals surface area contributed by atoms with Crippen molar-refractivity contribution < 1.29 is 14.0 Å². The number of carbonyl (C=O) groups is 2. The Morgan fingerprint density at radius 3 is 2.68 bits per heavy atom. The number of nitrogens with two attached hydrogens (primary N) is 1. The summed E-state index contributed by atoms with van der Waals surface area (Å²) in [5.41, 5.74) is 5.24. The summed E-state index contributed by atoms with van der Waals surface area (Å²) in [7, 11) is 0. The molecule has 3 N–H and O–H groups in total. The van der Waals surface area contributed by atoms with Crippen molar-refractivity contribution in [2.24, 2.45) is 5.73 Å². The van der Waals surface area contributed by atoms with Gasteiger partial charge in [0.05, 0.1) is 5.56 Å². The van der Waals surface area contributed by atoms with Gasteiger partial charge >= 0.3 is 0 Å². The maximum absolute atomic E-state index is 13.7. The zero-order valence-electron chi connectivity index (χ0n) is 11.5. The average molecular weight is 300 g/mol. The van der Waals surface area contributed by atoms with Gasteiger partial charge in [-0.25, -0.2) is 14.4 Å². The number of nitrogens with one attached hydrogen (secondary N) is 1. The zero-order chi connectivity index (χ0) is 15.7. The summed E-state index contributed by atoms with van der Waals surface area (Å²) < 4.78 is 13.7. The summed E-state index contributed by atoms with van der Waals surface area (Å²) in [5, 5.41) is 2.53. The fourth-order valence-electron chi connectivity index (χ4n) is 2.03. The van der Waals surface area contributed by atoms with E-state index in [1.807, 2.05) is 0 Å². The van der Waals surface area contributed by atoms with Gasteiger partial charge in [-0.1, -0.05) is 0 Å². The van der Waals surface area contributed by atoms with Crippen molar-refractivity contribution in [2.45, 2.75) is 18.8 Å². The first-order chi connectivity index (χ1) is 10.5. The van der Waals surface area contributed by atoms with Gasteiger partial charge in [-0.3, -0.25) is 9.59 Å². The second kappa shape index (κ2) is 5.51. The zero-order valence-corrected chi connectivity index (χ0v) is 11.5. The first-order valence-electron chi connectivity index (χ1n) is 6.78. The number of rotatable bonds is 4. The SMILES string of the molecule is NC(=O)c1ccc(NC(=O)c2ccnc(C3CC3)n2)cc1F. The van der Waals surface area contributed by atoms with Crippen LogP contribution in [0.5, 0.6) is 0 Å². The molecule has 0 saturated heterocycles. The van der Waals surface area contributed by atoms with Crippen molar-refractivity contribution in [2.75, 3.05) is 5.32 Å². The normalized spacial score (nSPS) is 13.7. The van der Waals surface area contributed by atoms with Crippen LogP contribution in [-0.4, -0.2) is 21.8 Å². The lowest BCUT2D eigenvalue weighted by Gasteiger charge is -2.07. The van der Waals surface area contributed by atoms with E-state index in [0.29, 0.717) is 11.7 Å². The van der Waals surface area contributed by atoms with Gasteiger partial charge in [0.1, 0.15) is 17.3 Å². The molecule has 6 nitrogen and oxygen atoms in total. The lowest BCUT2D eigenvalue weighted by Crippen LogP contribution is -2.16. The lowest BCUT2D eigenvalue weighted by molar-refractivity contribution is 0.0994. The molecule has 3 rings (SSSR count). The number of nitrogens with zero attached hydrogens (tertiary/aromatic N) is 2. The minimum Gasteiger partial charge on any atom is -0.366 e. The second-order valence-electron chi connectivity index (χ2n) is 5.09. The van der Waals surface area contributed by atoms with Gasteiger partial charge < -0.3 is 11.1 Å². The number of hydrogen-bond acceptors (Lipinski definition) is 4. The molecule has 0 atom stereocenters. The van der Waals surface area contributed by atoms with Gasteiger partial charge in [0.2, 0.25) is 0 Å². The molecule has 0 aliphatic heterocycles. The topological polar surface area (TPSA) is 98.0 Å². The maximum Gasteiger partial charge on any atom is 0.274 e. The Labute approximate surface area is 125 Å². The number of halogens is 1. The van der Waals surface area contributed by atoms with Crippen LogP contribution >= 0.6 is 0 Å². The predicted octanol–water partition coefficient (Wildman–Crippen LogP) is 1.84. The molecule has 2 aromatic rings. The Balaban J connectivity index is 1.77. The molecule has 1 heterocycles.